The summed E-state index contributed by atoms with van der Waals surface area (Å²) in [6.45, 7) is 4.27. The minimum absolute atomic E-state index is 0.195. The van der Waals surface area contributed by atoms with Crippen LogP contribution in [0.4, 0.5) is 0 Å². The van der Waals surface area contributed by atoms with Gasteiger partial charge in [-0.25, -0.2) is 0 Å². The van der Waals surface area contributed by atoms with Crippen molar-refractivity contribution in [2.45, 2.75) is 25.9 Å². The fourth-order valence-corrected chi connectivity index (χ4v) is 2.58. The maximum Gasteiger partial charge on any atom is 0.118 e. The molecule has 0 saturated carbocycles. The first-order chi connectivity index (χ1) is 9.61. The van der Waals surface area contributed by atoms with Gasteiger partial charge in [-0.15, -0.1) is 0 Å². The molecule has 0 bridgehead atoms. The van der Waals surface area contributed by atoms with Gasteiger partial charge in [0.1, 0.15) is 5.75 Å². The molecule has 0 radical (unpaired) electrons. The molecule has 0 aromatic heterocycles. The molecule has 3 heteroatoms. The lowest BCUT2D eigenvalue weighted by molar-refractivity contribution is 0.414. The third kappa shape index (κ3) is 3.53. The summed E-state index contributed by atoms with van der Waals surface area (Å²) in [4.78, 5) is 0. The van der Waals surface area contributed by atoms with Gasteiger partial charge in [-0.05, 0) is 43.2 Å². The van der Waals surface area contributed by atoms with E-state index >= 15 is 0 Å². The molecule has 0 spiro atoms. The number of halogens is 1. The van der Waals surface area contributed by atoms with Gasteiger partial charge in [0.2, 0.25) is 0 Å². The minimum Gasteiger partial charge on any atom is -0.497 e. The first kappa shape index (κ1) is 14.9. The van der Waals surface area contributed by atoms with E-state index in [0.29, 0.717) is 0 Å². The summed E-state index contributed by atoms with van der Waals surface area (Å²) in [5.41, 5.74) is 2.35. The highest BCUT2D eigenvalue weighted by Gasteiger charge is 2.13. The van der Waals surface area contributed by atoms with Crippen LogP contribution in [-0.2, 0) is 0 Å². The molecule has 2 unspecified atom stereocenters. The topological polar surface area (TPSA) is 21.3 Å². The highest BCUT2D eigenvalue weighted by Crippen LogP contribution is 2.25. The van der Waals surface area contributed by atoms with Crippen molar-refractivity contribution in [2.24, 2.45) is 0 Å². The van der Waals surface area contributed by atoms with Crippen molar-refractivity contribution in [3.8, 4) is 5.75 Å². The second kappa shape index (κ2) is 6.78. The number of methoxy groups -OCH3 is 1. The van der Waals surface area contributed by atoms with E-state index in [1.54, 1.807) is 7.11 Å². The average molecular weight is 290 g/mol. The second-order valence-corrected chi connectivity index (χ2v) is 5.31. The van der Waals surface area contributed by atoms with Crippen molar-refractivity contribution >= 4 is 11.6 Å². The van der Waals surface area contributed by atoms with Crippen LogP contribution < -0.4 is 10.1 Å². The van der Waals surface area contributed by atoms with E-state index in [4.69, 9.17) is 16.3 Å². The molecule has 2 aromatic carbocycles. The maximum absolute atomic E-state index is 6.23. The molecule has 2 atom stereocenters. The van der Waals surface area contributed by atoms with E-state index in [1.807, 2.05) is 30.3 Å². The predicted molar refractivity (Wildman–Crippen MR) is 84.4 cm³/mol. The van der Waals surface area contributed by atoms with Gasteiger partial charge in [0.05, 0.1) is 7.11 Å². The highest BCUT2D eigenvalue weighted by molar-refractivity contribution is 6.31. The van der Waals surface area contributed by atoms with Gasteiger partial charge < -0.3 is 10.1 Å². The standard InChI is InChI=1S/C17H20ClNO/c1-12(14-8-10-15(20-3)11-9-14)19-13(2)16-6-4-5-7-17(16)18/h4-13,19H,1-3H3. The number of hydrogen-bond donors (Lipinski definition) is 1. The van der Waals surface area contributed by atoms with Gasteiger partial charge in [-0.3, -0.25) is 0 Å². The van der Waals surface area contributed by atoms with Crippen LogP contribution in [-0.4, -0.2) is 7.11 Å². The molecule has 1 N–H and O–H groups in total. The fraction of sp³-hybridized carbons (Fsp3) is 0.294. The number of ether oxygens (including phenoxy) is 1. The first-order valence-electron chi connectivity index (χ1n) is 6.76. The second-order valence-electron chi connectivity index (χ2n) is 4.90. The van der Waals surface area contributed by atoms with Crippen LogP contribution in [0.1, 0.15) is 37.1 Å². The van der Waals surface area contributed by atoms with Gasteiger partial charge in [-0.1, -0.05) is 41.9 Å². The Labute approximate surface area is 125 Å². The van der Waals surface area contributed by atoms with E-state index < -0.39 is 0 Å². The van der Waals surface area contributed by atoms with Crippen molar-refractivity contribution in [2.75, 3.05) is 7.11 Å². The SMILES string of the molecule is COc1ccc(C(C)NC(C)c2ccccc2Cl)cc1. The molecule has 0 heterocycles. The molecule has 2 aromatic rings. The molecule has 2 nitrogen and oxygen atoms in total. The lowest BCUT2D eigenvalue weighted by Gasteiger charge is -2.21. The van der Waals surface area contributed by atoms with Gasteiger partial charge in [0, 0.05) is 17.1 Å². The monoisotopic (exact) mass is 289 g/mol. The Morgan fingerprint density at radius 3 is 2.20 bits per heavy atom. The Bertz CT molecular complexity index is 553. The summed E-state index contributed by atoms with van der Waals surface area (Å²) in [5.74, 6) is 0.875. The molecular weight excluding hydrogens is 270 g/mol. The zero-order chi connectivity index (χ0) is 14.5. The van der Waals surface area contributed by atoms with Crippen LogP contribution in [0.2, 0.25) is 5.02 Å². The van der Waals surface area contributed by atoms with Crippen LogP contribution >= 0.6 is 11.6 Å². The summed E-state index contributed by atoms with van der Waals surface area (Å²) < 4.78 is 5.18. The molecule has 0 aliphatic rings. The molecule has 0 aliphatic carbocycles. The lowest BCUT2D eigenvalue weighted by Crippen LogP contribution is -2.22. The zero-order valence-electron chi connectivity index (χ0n) is 12.1. The summed E-state index contributed by atoms with van der Waals surface area (Å²) >= 11 is 6.23. The third-order valence-electron chi connectivity index (χ3n) is 3.49. The maximum atomic E-state index is 6.23. The average Bonchev–Trinajstić information content (AvgIpc) is 2.47. The van der Waals surface area contributed by atoms with Gasteiger partial charge in [-0.2, -0.15) is 0 Å². The van der Waals surface area contributed by atoms with Crippen molar-refractivity contribution in [1.29, 1.82) is 0 Å². The Hall–Kier alpha value is -1.51. The van der Waals surface area contributed by atoms with Crippen molar-refractivity contribution in [1.82, 2.24) is 5.32 Å². The molecule has 0 saturated heterocycles. The van der Waals surface area contributed by atoms with E-state index in [9.17, 15) is 0 Å². The van der Waals surface area contributed by atoms with Crippen LogP contribution in [0.3, 0.4) is 0 Å². The Balaban J connectivity index is 2.06. The number of rotatable bonds is 5. The summed E-state index contributed by atoms with van der Waals surface area (Å²) in [6.07, 6.45) is 0. The molecule has 0 amide bonds. The van der Waals surface area contributed by atoms with Gasteiger partial charge in [0.25, 0.3) is 0 Å². The Kier molecular flexibility index (Phi) is 5.05. The van der Waals surface area contributed by atoms with Crippen LogP contribution in [0.25, 0.3) is 0 Å². The van der Waals surface area contributed by atoms with Crippen LogP contribution in [0.5, 0.6) is 5.75 Å². The van der Waals surface area contributed by atoms with Gasteiger partial charge >= 0.3 is 0 Å². The Morgan fingerprint density at radius 2 is 1.60 bits per heavy atom. The summed E-state index contributed by atoms with van der Waals surface area (Å²) in [5, 5.41) is 4.37. The summed E-state index contributed by atoms with van der Waals surface area (Å²) in [6, 6.07) is 16.5. The molecule has 0 aliphatic heterocycles. The van der Waals surface area contributed by atoms with E-state index in [1.165, 1.54) is 5.56 Å². The van der Waals surface area contributed by atoms with Crippen molar-refractivity contribution in [3.05, 3.63) is 64.7 Å². The molecule has 106 valence electrons. The zero-order valence-corrected chi connectivity index (χ0v) is 12.8. The molecule has 2 rings (SSSR count). The van der Waals surface area contributed by atoms with E-state index in [0.717, 1.165) is 16.3 Å². The normalized spacial score (nSPS) is 13.8. The highest BCUT2D eigenvalue weighted by atomic mass is 35.5. The smallest absolute Gasteiger partial charge is 0.118 e. The fourth-order valence-electron chi connectivity index (χ4n) is 2.28. The number of benzene rings is 2. The lowest BCUT2D eigenvalue weighted by atomic mass is 10.0. The summed E-state index contributed by atoms with van der Waals surface area (Å²) in [7, 11) is 1.68. The molecule has 20 heavy (non-hydrogen) atoms. The minimum atomic E-state index is 0.195. The third-order valence-corrected chi connectivity index (χ3v) is 3.83. The Morgan fingerprint density at radius 1 is 0.950 bits per heavy atom. The number of nitrogens with one attached hydrogen (secondary N) is 1. The predicted octanol–water partition coefficient (Wildman–Crippen LogP) is 4.76. The molecule has 0 fully saturated rings. The quantitative estimate of drug-likeness (QED) is 0.857. The van der Waals surface area contributed by atoms with E-state index in [-0.39, 0.29) is 12.1 Å². The van der Waals surface area contributed by atoms with Crippen LogP contribution in [0.15, 0.2) is 48.5 Å². The van der Waals surface area contributed by atoms with Crippen molar-refractivity contribution in [3.63, 3.8) is 0 Å². The molecular formula is C17H20ClNO. The van der Waals surface area contributed by atoms with Gasteiger partial charge in [0.15, 0.2) is 0 Å². The number of hydrogen-bond acceptors (Lipinski definition) is 2. The van der Waals surface area contributed by atoms with E-state index in [2.05, 4.69) is 37.4 Å². The first-order valence-corrected chi connectivity index (χ1v) is 7.14. The largest absolute Gasteiger partial charge is 0.497 e. The van der Waals surface area contributed by atoms with Crippen LogP contribution in [0, 0.1) is 0 Å². The van der Waals surface area contributed by atoms with Crippen molar-refractivity contribution < 1.29 is 4.74 Å².